The number of nitrogens with zero attached hydrogens (tertiary/aromatic N) is 4. The summed E-state index contributed by atoms with van der Waals surface area (Å²) in [7, 11) is 0. The molecular formula is C24H32N6O2. The van der Waals surface area contributed by atoms with Gasteiger partial charge in [0.1, 0.15) is 5.82 Å². The number of anilines is 2. The number of rotatable bonds is 6. The molecule has 0 aliphatic carbocycles. The Labute approximate surface area is 189 Å². The third kappa shape index (κ3) is 5.62. The largest absolute Gasteiger partial charge is 0.369 e. The zero-order valence-electron chi connectivity index (χ0n) is 18.7. The fourth-order valence-electron chi connectivity index (χ4n) is 4.63. The van der Waals surface area contributed by atoms with Gasteiger partial charge in [-0.25, -0.2) is 4.98 Å². The summed E-state index contributed by atoms with van der Waals surface area (Å²) in [6.45, 7) is 5.40. The monoisotopic (exact) mass is 436 g/mol. The van der Waals surface area contributed by atoms with E-state index in [9.17, 15) is 9.59 Å². The molecule has 2 amide bonds. The van der Waals surface area contributed by atoms with E-state index in [1.165, 1.54) is 0 Å². The first-order valence-electron chi connectivity index (χ1n) is 11.4. The van der Waals surface area contributed by atoms with E-state index in [0.717, 1.165) is 48.8 Å². The molecule has 0 saturated carbocycles. The van der Waals surface area contributed by atoms with E-state index in [1.807, 2.05) is 42.3 Å². The van der Waals surface area contributed by atoms with Gasteiger partial charge in [0.2, 0.25) is 11.8 Å². The summed E-state index contributed by atoms with van der Waals surface area (Å²) in [5, 5.41) is 3.29. The van der Waals surface area contributed by atoms with Gasteiger partial charge in [0.05, 0.1) is 18.4 Å². The highest BCUT2D eigenvalue weighted by molar-refractivity contribution is 5.80. The smallest absolute Gasteiger partial charge is 0.236 e. The van der Waals surface area contributed by atoms with Gasteiger partial charge in [-0.1, -0.05) is 6.07 Å². The van der Waals surface area contributed by atoms with Crippen LogP contribution in [0.1, 0.15) is 43.0 Å². The number of likely N-dealkylation sites (tertiary alicyclic amines) is 2. The molecule has 4 rings (SSSR count). The van der Waals surface area contributed by atoms with Crippen LogP contribution in [-0.2, 0) is 9.59 Å². The summed E-state index contributed by atoms with van der Waals surface area (Å²) in [5.74, 6) is 0.931. The molecule has 0 unspecified atom stereocenters. The Morgan fingerprint density at radius 1 is 1.12 bits per heavy atom. The second-order valence-electron chi connectivity index (χ2n) is 8.89. The lowest BCUT2D eigenvalue weighted by molar-refractivity contribution is -0.136. The lowest BCUT2D eigenvalue weighted by Gasteiger charge is -2.35. The molecule has 3 N–H and O–H groups in total. The molecule has 0 bridgehead atoms. The van der Waals surface area contributed by atoms with Gasteiger partial charge >= 0.3 is 0 Å². The highest BCUT2D eigenvalue weighted by Crippen LogP contribution is 2.27. The van der Waals surface area contributed by atoms with Crippen LogP contribution in [0.5, 0.6) is 0 Å². The van der Waals surface area contributed by atoms with Crippen molar-refractivity contribution >= 4 is 23.3 Å². The van der Waals surface area contributed by atoms with Crippen LogP contribution >= 0.6 is 0 Å². The van der Waals surface area contributed by atoms with E-state index in [-0.39, 0.29) is 17.7 Å². The minimum atomic E-state index is -0.250. The number of carbonyl (C=O) groups excluding carboxylic acids is 2. The molecular weight excluding hydrogens is 404 g/mol. The maximum absolute atomic E-state index is 12.8. The number of pyridine rings is 2. The SMILES string of the molecule is Cc1cccc(Nc2ccc([C@@H]3CCCN(CC(=O)N4CCC(C(N)=O)CC4)C3)nc2)n1. The standard InChI is InChI=1S/C24H32N6O2/c1-17-4-2-6-22(27-17)28-20-7-8-21(26-14-20)19-5-3-11-29(15-19)16-23(31)30-12-9-18(10-13-30)24(25)32/h2,4,6-8,14,18-19H,3,5,9-13,15-16H2,1H3,(H2,25,32)(H,27,28)/t19-/m1/s1. The predicted octanol–water partition coefficient (Wildman–Crippen LogP) is 2.43. The quantitative estimate of drug-likeness (QED) is 0.721. The lowest BCUT2D eigenvalue weighted by atomic mass is 9.94. The molecule has 2 aromatic heterocycles. The summed E-state index contributed by atoms with van der Waals surface area (Å²) in [6.07, 6.45) is 5.33. The molecule has 2 aromatic rings. The third-order valence-electron chi connectivity index (χ3n) is 6.48. The average molecular weight is 437 g/mol. The topological polar surface area (TPSA) is 104 Å². The summed E-state index contributed by atoms with van der Waals surface area (Å²) in [4.78, 5) is 37.4. The van der Waals surface area contributed by atoms with Crippen LogP contribution in [0.25, 0.3) is 0 Å². The van der Waals surface area contributed by atoms with Crippen molar-refractivity contribution in [2.75, 3.05) is 38.0 Å². The van der Waals surface area contributed by atoms with Gasteiger partial charge < -0.3 is 16.0 Å². The molecule has 2 aliphatic heterocycles. The number of amides is 2. The van der Waals surface area contributed by atoms with E-state index in [1.54, 1.807) is 0 Å². The number of carbonyl (C=O) groups is 2. The normalized spacial score (nSPS) is 20.2. The second kappa shape index (κ2) is 10.1. The zero-order chi connectivity index (χ0) is 22.5. The van der Waals surface area contributed by atoms with E-state index in [2.05, 4.69) is 21.3 Å². The van der Waals surface area contributed by atoms with E-state index in [4.69, 9.17) is 10.7 Å². The summed E-state index contributed by atoms with van der Waals surface area (Å²) in [5.41, 5.74) is 8.34. The van der Waals surface area contributed by atoms with Gasteiger partial charge in [-0.3, -0.25) is 19.5 Å². The third-order valence-corrected chi connectivity index (χ3v) is 6.48. The van der Waals surface area contributed by atoms with Gasteiger partial charge in [0, 0.05) is 42.9 Å². The zero-order valence-corrected chi connectivity index (χ0v) is 18.7. The highest BCUT2D eigenvalue weighted by atomic mass is 16.2. The molecule has 8 nitrogen and oxygen atoms in total. The molecule has 1 atom stereocenters. The van der Waals surface area contributed by atoms with Crippen molar-refractivity contribution in [2.24, 2.45) is 11.7 Å². The van der Waals surface area contributed by atoms with Crippen molar-refractivity contribution in [3.05, 3.63) is 47.9 Å². The lowest BCUT2D eigenvalue weighted by Crippen LogP contribution is -2.47. The minimum Gasteiger partial charge on any atom is -0.369 e. The van der Waals surface area contributed by atoms with Crippen LogP contribution in [0.2, 0.25) is 0 Å². The highest BCUT2D eigenvalue weighted by Gasteiger charge is 2.29. The van der Waals surface area contributed by atoms with Crippen LogP contribution < -0.4 is 11.1 Å². The minimum absolute atomic E-state index is 0.0938. The van der Waals surface area contributed by atoms with Crippen LogP contribution in [-0.4, -0.2) is 64.3 Å². The van der Waals surface area contributed by atoms with Crippen molar-refractivity contribution in [1.29, 1.82) is 0 Å². The Kier molecular flexibility index (Phi) is 6.99. The number of nitrogens with one attached hydrogen (secondary N) is 1. The van der Waals surface area contributed by atoms with Crippen LogP contribution in [0.15, 0.2) is 36.5 Å². The van der Waals surface area contributed by atoms with Crippen LogP contribution in [0.4, 0.5) is 11.5 Å². The number of aryl methyl sites for hydroxylation is 1. The number of nitrogens with two attached hydrogens (primary N) is 1. The maximum Gasteiger partial charge on any atom is 0.236 e. The Morgan fingerprint density at radius 3 is 2.62 bits per heavy atom. The Morgan fingerprint density at radius 2 is 1.94 bits per heavy atom. The molecule has 8 heteroatoms. The Hall–Kier alpha value is -3.00. The number of piperidine rings is 2. The van der Waals surface area contributed by atoms with Gasteiger partial charge in [0.25, 0.3) is 0 Å². The molecule has 2 fully saturated rings. The average Bonchev–Trinajstić information content (AvgIpc) is 2.80. The molecule has 170 valence electrons. The molecule has 32 heavy (non-hydrogen) atoms. The molecule has 2 saturated heterocycles. The van der Waals surface area contributed by atoms with E-state index < -0.39 is 0 Å². The van der Waals surface area contributed by atoms with E-state index >= 15 is 0 Å². The second-order valence-corrected chi connectivity index (χ2v) is 8.89. The molecule has 0 radical (unpaired) electrons. The van der Waals surface area contributed by atoms with Gasteiger partial charge in [-0.15, -0.1) is 0 Å². The first kappa shape index (κ1) is 22.2. The number of hydrogen-bond acceptors (Lipinski definition) is 6. The number of aromatic nitrogens is 2. The molecule has 2 aliphatic rings. The summed E-state index contributed by atoms with van der Waals surface area (Å²) in [6, 6.07) is 9.99. The molecule has 0 aromatic carbocycles. The van der Waals surface area contributed by atoms with Crippen LogP contribution in [0, 0.1) is 12.8 Å². The van der Waals surface area contributed by atoms with Gasteiger partial charge in [-0.05, 0) is 63.4 Å². The predicted molar refractivity (Wildman–Crippen MR) is 123 cm³/mol. The van der Waals surface area contributed by atoms with Gasteiger partial charge in [0.15, 0.2) is 0 Å². The molecule has 4 heterocycles. The fourth-order valence-corrected chi connectivity index (χ4v) is 4.63. The number of hydrogen-bond donors (Lipinski definition) is 2. The number of primary amides is 1. The van der Waals surface area contributed by atoms with Crippen molar-refractivity contribution in [1.82, 2.24) is 19.8 Å². The van der Waals surface area contributed by atoms with Crippen LogP contribution in [0.3, 0.4) is 0 Å². The van der Waals surface area contributed by atoms with Crippen molar-refractivity contribution < 1.29 is 9.59 Å². The molecule has 0 spiro atoms. The maximum atomic E-state index is 12.8. The first-order chi connectivity index (χ1) is 15.5. The van der Waals surface area contributed by atoms with Crippen molar-refractivity contribution in [3.63, 3.8) is 0 Å². The Bertz CT molecular complexity index is 940. The Balaban J connectivity index is 1.30. The summed E-state index contributed by atoms with van der Waals surface area (Å²) >= 11 is 0. The summed E-state index contributed by atoms with van der Waals surface area (Å²) < 4.78 is 0. The van der Waals surface area contributed by atoms with Gasteiger partial charge in [-0.2, -0.15) is 0 Å². The van der Waals surface area contributed by atoms with Crippen molar-refractivity contribution in [3.8, 4) is 0 Å². The van der Waals surface area contributed by atoms with Crippen molar-refractivity contribution in [2.45, 2.75) is 38.5 Å². The first-order valence-corrected chi connectivity index (χ1v) is 11.4. The van der Waals surface area contributed by atoms with E-state index in [0.29, 0.717) is 38.4 Å². The fraction of sp³-hybridized carbons (Fsp3) is 0.500.